The van der Waals surface area contributed by atoms with Crippen LogP contribution < -0.4 is 15.4 Å². The molecule has 7 nitrogen and oxygen atoms in total. The molecule has 2 rings (SSSR count). The Bertz CT molecular complexity index is 669. The van der Waals surface area contributed by atoms with Gasteiger partial charge < -0.3 is 24.9 Å². The number of para-hydroxylation sites is 1. The summed E-state index contributed by atoms with van der Waals surface area (Å²) in [6, 6.07) is 9.91. The van der Waals surface area contributed by atoms with E-state index in [1.165, 1.54) is 6.26 Å². The van der Waals surface area contributed by atoms with Crippen LogP contribution in [0.3, 0.4) is 0 Å². The Kier molecular flexibility index (Phi) is 6.24. The van der Waals surface area contributed by atoms with Crippen molar-refractivity contribution in [1.29, 1.82) is 0 Å². The second kappa shape index (κ2) is 8.61. The third kappa shape index (κ3) is 4.77. The largest absolute Gasteiger partial charge is 0.496 e. The quantitative estimate of drug-likeness (QED) is 0.645. The zero-order valence-electron chi connectivity index (χ0n) is 13.3. The molecule has 0 fully saturated rings. The molecule has 0 saturated heterocycles. The van der Waals surface area contributed by atoms with Crippen LogP contribution in [0.15, 0.2) is 47.1 Å². The SMILES string of the molecule is COc1ccccc1C(NC(=O)NCCCC(=O)O)c1ccco1. The second-order valence-corrected chi connectivity index (χ2v) is 5.09. The molecule has 1 unspecified atom stereocenters. The monoisotopic (exact) mass is 332 g/mol. The van der Waals surface area contributed by atoms with Crippen LogP contribution in [0.25, 0.3) is 0 Å². The summed E-state index contributed by atoms with van der Waals surface area (Å²) in [7, 11) is 1.56. The fraction of sp³-hybridized carbons (Fsp3) is 0.294. The molecule has 7 heteroatoms. The summed E-state index contributed by atoms with van der Waals surface area (Å²) in [6.45, 7) is 0.273. The summed E-state index contributed by atoms with van der Waals surface area (Å²) in [5, 5.41) is 14.1. The van der Waals surface area contributed by atoms with Crippen molar-refractivity contribution in [3.8, 4) is 5.75 Å². The normalized spacial score (nSPS) is 11.5. The van der Waals surface area contributed by atoms with E-state index in [0.29, 0.717) is 17.9 Å². The molecular formula is C17H20N2O5. The van der Waals surface area contributed by atoms with Crippen LogP contribution in [0.1, 0.15) is 30.2 Å². The minimum atomic E-state index is -0.889. The number of aliphatic carboxylic acids is 1. The third-order valence-corrected chi connectivity index (χ3v) is 3.41. The van der Waals surface area contributed by atoms with Crippen LogP contribution in [0.2, 0.25) is 0 Å². The van der Waals surface area contributed by atoms with E-state index in [-0.39, 0.29) is 13.0 Å². The number of rotatable bonds is 8. The summed E-state index contributed by atoms with van der Waals surface area (Å²) >= 11 is 0. The van der Waals surface area contributed by atoms with E-state index in [1.54, 1.807) is 25.3 Å². The summed E-state index contributed by atoms with van der Waals surface area (Å²) < 4.78 is 10.8. The van der Waals surface area contributed by atoms with Gasteiger partial charge in [-0.2, -0.15) is 0 Å². The van der Waals surface area contributed by atoms with Gasteiger partial charge in [0.2, 0.25) is 0 Å². The Morgan fingerprint density at radius 3 is 2.71 bits per heavy atom. The zero-order valence-corrected chi connectivity index (χ0v) is 13.3. The number of carboxylic acids is 1. The molecule has 1 atom stereocenters. The number of furan rings is 1. The van der Waals surface area contributed by atoms with Crippen molar-refractivity contribution < 1.29 is 23.8 Å². The number of benzene rings is 1. The average molecular weight is 332 g/mol. The van der Waals surface area contributed by atoms with Crippen molar-refractivity contribution in [2.24, 2.45) is 0 Å². The van der Waals surface area contributed by atoms with Crippen LogP contribution in [0, 0.1) is 0 Å². The van der Waals surface area contributed by atoms with Crippen molar-refractivity contribution >= 4 is 12.0 Å². The van der Waals surface area contributed by atoms with Gasteiger partial charge in [0.15, 0.2) is 0 Å². The van der Waals surface area contributed by atoms with Crippen molar-refractivity contribution in [3.05, 3.63) is 54.0 Å². The number of carboxylic acid groups (broad SMARTS) is 1. The zero-order chi connectivity index (χ0) is 17.4. The van der Waals surface area contributed by atoms with Crippen LogP contribution in [0.4, 0.5) is 4.79 Å². The number of hydrogen-bond donors (Lipinski definition) is 3. The highest BCUT2D eigenvalue weighted by Crippen LogP contribution is 2.30. The summed E-state index contributed by atoms with van der Waals surface area (Å²) in [4.78, 5) is 22.6. The predicted octanol–water partition coefficient (Wildman–Crippen LogP) is 2.54. The van der Waals surface area contributed by atoms with Gasteiger partial charge in [0.05, 0.1) is 13.4 Å². The van der Waals surface area contributed by atoms with Gasteiger partial charge in [0.25, 0.3) is 0 Å². The van der Waals surface area contributed by atoms with Crippen LogP contribution >= 0.6 is 0 Å². The summed E-state index contributed by atoms with van der Waals surface area (Å²) in [5.41, 5.74) is 0.760. The molecule has 1 aromatic heterocycles. The molecule has 128 valence electrons. The fourth-order valence-corrected chi connectivity index (χ4v) is 2.29. The third-order valence-electron chi connectivity index (χ3n) is 3.41. The van der Waals surface area contributed by atoms with Crippen molar-refractivity contribution in [1.82, 2.24) is 10.6 Å². The average Bonchev–Trinajstić information content (AvgIpc) is 3.10. The maximum Gasteiger partial charge on any atom is 0.315 e. The van der Waals surface area contributed by atoms with Crippen molar-refractivity contribution in [3.63, 3.8) is 0 Å². The van der Waals surface area contributed by atoms with Gasteiger partial charge in [-0.3, -0.25) is 4.79 Å². The molecule has 3 N–H and O–H groups in total. The van der Waals surface area contributed by atoms with Gasteiger partial charge in [-0.15, -0.1) is 0 Å². The highest BCUT2D eigenvalue weighted by molar-refractivity contribution is 5.75. The molecule has 1 aromatic carbocycles. The molecule has 0 saturated carbocycles. The first-order valence-electron chi connectivity index (χ1n) is 7.54. The Labute approximate surface area is 139 Å². The fourth-order valence-electron chi connectivity index (χ4n) is 2.29. The van der Waals surface area contributed by atoms with Crippen molar-refractivity contribution in [2.45, 2.75) is 18.9 Å². The van der Waals surface area contributed by atoms with Crippen LogP contribution in [-0.4, -0.2) is 30.8 Å². The maximum atomic E-state index is 12.1. The molecule has 0 spiro atoms. The van der Waals surface area contributed by atoms with E-state index in [1.807, 2.05) is 18.2 Å². The topological polar surface area (TPSA) is 101 Å². The molecule has 0 radical (unpaired) electrons. The van der Waals surface area contributed by atoms with E-state index in [4.69, 9.17) is 14.3 Å². The minimum absolute atomic E-state index is 0.00833. The number of methoxy groups -OCH3 is 1. The van der Waals surface area contributed by atoms with Crippen molar-refractivity contribution in [2.75, 3.05) is 13.7 Å². The highest BCUT2D eigenvalue weighted by Gasteiger charge is 2.22. The molecular weight excluding hydrogens is 312 g/mol. The number of amides is 2. The van der Waals surface area contributed by atoms with E-state index >= 15 is 0 Å². The van der Waals surface area contributed by atoms with Gasteiger partial charge >= 0.3 is 12.0 Å². The molecule has 0 aliphatic rings. The number of carbonyl (C=O) groups excluding carboxylic acids is 1. The molecule has 0 aliphatic heterocycles. The molecule has 1 heterocycles. The molecule has 24 heavy (non-hydrogen) atoms. The first kappa shape index (κ1) is 17.4. The number of nitrogens with one attached hydrogen (secondary N) is 2. The standard InChI is InChI=1S/C17H20N2O5/c1-23-13-7-3-2-6-12(13)16(14-8-5-11-24-14)19-17(22)18-10-4-9-15(20)21/h2-3,5-8,11,16H,4,9-10H2,1H3,(H,20,21)(H2,18,19,22). The minimum Gasteiger partial charge on any atom is -0.496 e. The molecule has 0 bridgehead atoms. The van der Waals surface area contributed by atoms with Gasteiger partial charge in [-0.1, -0.05) is 18.2 Å². The number of hydrogen-bond acceptors (Lipinski definition) is 4. The van der Waals surface area contributed by atoms with E-state index in [2.05, 4.69) is 10.6 Å². The Hall–Kier alpha value is -2.96. The lowest BCUT2D eigenvalue weighted by Crippen LogP contribution is -2.39. The Balaban J connectivity index is 2.08. The lowest BCUT2D eigenvalue weighted by Gasteiger charge is -2.19. The summed E-state index contributed by atoms with van der Waals surface area (Å²) in [6.07, 6.45) is 1.90. The molecule has 0 aliphatic carbocycles. The van der Waals surface area contributed by atoms with Gasteiger partial charge in [-0.25, -0.2) is 4.79 Å². The van der Waals surface area contributed by atoms with Gasteiger partial charge in [-0.05, 0) is 24.6 Å². The number of urea groups is 1. The molecule has 2 amide bonds. The first-order valence-corrected chi connectivity index (χ1v) is 7.54. The Morgan fingerprint density at radius 1 is 1.25 bits per heavy atom. The second-order valence-electron chi connectivity index (χ2n) is 5.09. The van der Waals surface area contributed by atoms with E-state index < -0.39 is 18.0 Å². The van der Waals surface area contributed by atoms with Crippen LogP contribution in [-0.2, 0) is 4.79 Å². The number of carbonyl (C=O) groups is 2. The lowest BCUT2D eigenvalue weighted by molar-refractivity contribution is -0.137. The smallest absolute Gasteiger partial charge is 0.315 e. The predicted molar refractivity (Wildman–Crippen MR) is 86.9 cm³/mol. The molecule has 2 aromatic rings. The first-order chi connectivity index (χ1) is 11.6. The Morgan fingerprint density at radius 2 is 2.04 bits per heavy atom. The van der Waals surface area contributed by atoms with Gasteiger partial charge in [0.1, 0.15) is 17.6 Å². The summed E-state index contributed by atoms with van der Waals surface area (Å²) in [5.74, 6) is 0.310. The maximum absolute atomic E-state index is 12.1. The van der Waals surface area contributed by atoms with E-state index in [0.717, 1.165) is 5.56 Å². The lowest BCUT2D eigenvalue weighted by atomic mass is 10.0. The van der Waals surface area contributed by atoms with Crippen LogP contribution in [0.5, 0.6) is 5.75 Å². The van der Waals surface area contributed by atoms with E-state index in [9.17, 15) is 9.59 Å². The van der Waals surface area contributed by atoms with Gasteiger partial charge in [0, 0.05) is 18.5 Å². The number of ether oxygens (including phenoxy) is 1. The highest BCUT2D eigenvalue weighted by atomic mass is 16.5.